The monoisotopic (exact) mass is 488 g/mol. The Bertz CT molecular complexity index is 1400. The van der Waals surface area contributed by atoms with E-state index in [1.807, 2.05) is 36.4 Å². The first kappa shape index (κ1) is 22.2. The van der Waals surface area contributed by atoms with E-state index in [0.717, 1.165) is 4.90 Å². The molecule has 0 aliphatic carbocycles. The van der Waals surface area contributed by atoms with Crippen molar-refractivity contribution in [2.24, 2.45) is 0 Å². The first-order valence-corrected chi connectivity index (χ1v) is 10.9. The molecule has 1 aliphatic rings. The molecule has 0 saturated carbocycles. The number of halogens is 1. The molecule has 3 aromatic carbocycles. The van der Waals surface area contributed by atoms with Gasteiger partial charge in [-0.25, -0.2) is 9.48 Å². The smallest absolute Gasteiger partial charge is 0.315 e. The number of hydrogen-bond donors (Lipinski definition) is 1. The third-order valence-electron chi connectivity index (χ3n) is 5.77. The van der Waals surface area contributed by atoms with Crippen LogP contribution >= 0.6 is 11.6 Å². The van der Waals surface area contributed by atoms with E-state index in [4.69, 9.17) is 11.6 Å². The molecule has 1 N–H and O–H groups in total. The summed E-state index contributed by atoms with van der Waals surface area (Å²) in [5.74, 6) is -0.442. The van der Waals surface area contributed by atoms with Crippen molar-refractivity contribution in [3.05, 3.63) is 117 Å². The number of aromatic nitrogens is 3. The Morgan fingerprint density at radius 1 is 0.971 bits per heavy atom. The summed E-state index contributed by atoms with van der Waals surface area (Å²) in [6.07, 6.45) is 1.51. The lowest BCUT2D eigenvalue weighted by molar-refractivity contribution is -0.384. The van der Waals surface area contributed by atoms with Gasteiger partial charge in [0.15, 0.2) is 5.54 Å². The van der Waals surface area contributed by atoms with Gasteiger partial charge in [0.05, 0.1) is 28.4 Å². The molecule has 0 atom stereocenters. The molecule has 0 spiro atoms. The fourth-order valence-electron chi connectivity index (χ4n) is 4.10. The fraction of sp³-hybridized carbons (Fsp3) is 0.0833. The van der Waals surface area contributed by atoms with Gasteiger partial charge < -0.3 is 5.32 Å². The summed E-state index contributed by atoms with van der Waals surface area (Å²) in [5.41, 5.74) is 0.436. The van der Waals surface area contributed by atoms with Crippen molar-refractivity contribution >= 4 is 29.2 Å². The number of amides is 3. The normalized spacial score (nSPS) is 14.7. The predicted molar refractivity (Wildman–Crippen MR) is 126 cm³/mol. The van der Waals surface area contributed by atoms with E-state index in [1.165, 1.54) is 29.1 Å². The largest absolute Gasteiger partial charge is 0.325 e. The molecule has 2 heterocycles. The maximum atomic E-state index is 13.8. The van der Waals surface area contributed by atoms with Crippen LogP contribution in [0.2, 0.25) is 5.02 Å². The minimum Gasteiger partial charge on any atom is -0.315 e. The second-order valence-corrected chi connectivity index (χ2v) is 8.26. The summed E-state index contributed by atoms with van der Waals surface area (Å²) >= 11 is 6.19. The highest BCUT2D eigenvalue weighted by atomic mass is 35.5. The molecule has 0 radical (unpaired) electrons. The molecule has 1 aliphatic heterocycles. The number of imide groups is 1. The van der Waals surface area contributed by atoms with Crippen LogP contribution in [0.3, 0.4) is 0 Å². The number of nitro benzene ring substituents is 1. The van der Waals surface area contributed by atoms with E-state index in [2.05, 4.69) is 15.6 Å². The third-order valence-corrected chi connectivity index (χ3v) is 6.07. The predicted octanol–water partition coefficient (Wildman–Crippen LogP) is 3.82. The highest BCUT2D eigenvalue weighted by Crippen LogP contribution is 2.36. The molecule has 4 aromatic rings. The number of nitro groups is 1. The Morgan fingerprint density at radius 3 is 2.17 bits per heavy atom. The van der Waals surface area contributed by atoms with Crippen molar-refractivity contribution in [2.75, 3.05) is 0 Å². The van der Waals surface area contributed by atoms with Crippen LogP contribution in [0.4, 0.5) is 10.5 Å². The zero-order valence-corrected chi connectivity index (χ0v) is 18.8. The van der Waals surface area contributed by atoms with E-state index < -0.39 is 22.4 Å². The molecule has 0 unspecified atom stereocenters. The van der Waals surface area contributed by atoms with Crippen molar-refractivity contribution in [3.8, 4) is 5.69 Å². The van der Waals surface area contributed by atoms with Crippen molar-refractivity contribution in [1.29, 1.82) is 0 Å². The first-order valence-electron chi connectivity index (χ1n) is 10.5. The molecule has 1 aromatic heterocycles. The van der Waals surface area contributed by atoms with Crippen LogP contribution in [0.1, 0.15) is 16.8 Å². The molecule has 1 fully saturated rings. The molecule has 1 saturated heterocycles. The number of carbonyl (C=O) groups is 2. The maximum Gasteiger partial charge on any atom is 0.325 e. The Morgan fingerprint density at radius 2 is 1.60 bits per heavy atom. The van der Waals surface area contributed by atoms with Crippen molar-refractivity contribution in [1.82, 2.24) is 25.2 Å². The van der Waals surface area contributed by atoms with Crippen molar-refractivity contribution < 1.29 is 14.5 Å². The average molecular weight is 489 g/mol. The van der Waals surface area contributed by atoms with Crippen LogP contribution < -0.4 is 5.32 Å². The van der Waals surface area contributed by atoms with Crippen LogP contribution in [0.15, 0.2) is 85.1 Å². The minimum absolute atomic E-state index is 0.109. The van der Waals surface area contributed by atoms with Gasteiger partial charge in [-0.1, -0.05) is 77.5 Å². The number of nitrogens with one attached hydrogen (secondary N) is 1. The summed E-state index contributed by atoms with van der Waals surface area (Å²) < 4.78 is 1.33. The van der Waals surface area contributed by atoms with Gasteiger partial charge in [0.25, 0.3) is 11.6 Å². The highest BCUT2D eigenvalue weighted by molar-refractivity contribution is 6.32. The van der Waals surface area contributed by atoms with E-state index in [-0.39, 0.29) is 17.3 Å². The van der Waals surface area contributed by atoms with Crippen LogP contribution in [-0.4, -0.2) is 36.8 Å². The number of hydrogen-bond acceptors (Lipinski definition) is 6. The van der Waals surface area contributed by atoms with Crippen LogP contribution in [0, 0.1) is 10.1 Å². The summed E-state index contributed by atoms with van der Waals surface area (Å²) in [6.45, 7) is -0.128. The van der Waals surface area contributed by atoms with Gasteiger partial charge in [-0.15, -0.1) is 5.10 Å². The highest BCUT2D eigenvalue weighted by Gasteiger charge is 2.53. The Hall–Kier alpha value is -4.57. The lowest BCUT2D eigenvalue weighted by Gasteiger charge is -2.27. The molecule has 0 bridgehead atoms. The molecular weight excluding hydrogens is 472 g/mol. The van der Waals surface area contributed by atoms with Gasteiger partial charge in [0, 0.05) is 12.1 Å². The summed E-state index contributed by atoms with van der Waals surface area (Å²) in [4.78, 5) is 38.3. The molecule has 5 rings (SSSR count). The summed E-state index contributed by atoms with van der Waals surface area (Å²) in [6, 6.07) is 21.5. The minimum atomic E-state index is -1.38. The number of nitrogens with zero attached hydrogens (tertiary/aromatic N) is 5. The Balaban J connectivity index is 1.47. The van der Waals surface area contributed by atoms with E-state index >= 15 is 0 Å². The zero-order chi connectivity index (χ0) is 24.6. The first-order chi connectivity index (χ1) is 16.9. The van der Waals surface area contributed by atoms with Crippen LogP contribution in [0.25, 0.3) is 5.69 Å². The fourth-order valence-corrected chi connectivity index (χ4v) is 4.36. The number of non-ortho nitro benzene ring substituents is 1. The molecule has 11 heteroatoms. The standard InChI is InChI=1S/C24H17ClN6O4/c25-20-13-19(31(34)35)11-12-21(20)30-15-18(27-28-30)14-29-22(32)24(26-23(29)33,16-7-3-1-4-8-16)17-9-5-2-6-10-17/h1-13,15H,14H2,(H,26,33). The van der Waals surface area contributed by atoms with Gasteiger partial charge in [0.2, 0.25) is 0 Å². The average Bonchev–Trinajstić information content (AvgIpc) is 3.44. The second-order valence-electron chi connectivity index (χ2n) is 7.85. The van der Waals surface area contributed by atoms with Gasteiger partial charge in [-0.2, -0.15) is 0 Å². The number of urea groups is 1. The molecule has 3 amide bonds. The summed E-state index contributed by atoms with van der Waals surface area (Å²) in [5, 5.41) is 22.0. The van der Waals surface area contributed by atoms with Gasteiger partial charge in [-0.3, -0.25) is 19.8 Å². The Kier molecular flexibility index (Phi) is 5.50. The van der Waals surface area contributed by atoms with Crippen molar-refractivity contribution in [3.63, 3.8) is 0 Å². The lowest BCUT2D eigenvalue weighted by Crippen LogP contribution is -2.45. The molecule has 174 valence electrons. The van der Waals surface area contributed by atoms with Crippen LogP contribution in [0.5, 0.6) is 0 Å². The lowest BCUT2D eigenvalue weighted by atomic mass is 9.82. The van der Waals surface area contributed by atoms with Gasteiger partial charge >= 0.3 is 6.03 Å². The van der Waals surface area contributed by atoms with Crippen molar-refractivity contribution in [2.45, 2.75) is 12.1 Å². The number of benzene rings is 3. The zero-order valence-electron chi connectivity index (χ0n) is 18.0. The van der Waals surface area contributed by atoms with Gasteiger partial charge in [0.1, 0.15) is 5.69 Å². The van der Waals surface area contributed by atoms with E-state index in [0.29, 0.717) is 22.5 Å². The summed E-state index contributed by atoms with van der Waals surface area (Å²) in [7, 11) is 0. The molecule has 10 nitrogen and oxygen atoms in total. The number of rotatable bonds is 6. The maximum absolute atomic E-state index is 13.8. The SMILES string of the molecule is O=C1NC(c2ccccc2)(c2ccccc2)C(=O)N1Cc1cn(-c2ccc([N+](=O)[O-])cc2Cl)nn1. The van der Waals surface area contributed by atoms with E-state index in [1.54, 1.807) is 24.3 Å². The van der Waals surface area contributed by atoms with E-state index in [9.17, 15) is 19.7 Å². The number of carbonyl (C=O) groups excluding carboxylic acids is 2. The molecule has 35 heavy (non-hydrogen) atoms. The molecular formula is C24H17ClN6O4. The quantitative estimate of drug-likeness (QED) is 0.250. The third kappa shape index (κ3) is 3.79. The topological polar surface area (TPSA) is 123 Å². The Labute approximate surface area is 203 Å². The van der Waals surface area contributed by atoms with Crippen LogP contribution in [-0.2, 0) is 16.9 Å². The van der Waals surface area contributed by atoms with Gasteiger partial charge in [-0.05, 0) is 17.2 Å². The second kappa shape index (κ2) is 8.65.